The summed E-state index contributed by atoms with van der Waals surface area (Å²) in [7, 11) is 0. The van der Waals surface area contributed by atoms with Crippen molar-refractivity contribution >= 4 is 44.9 Å². The number of thiocarbonyl (C=S) groups is 1. The maximum absolute atomic E-state index is 12.8. The number of rotatable bonds is 13. The molecule has 32 heavy (non-hydrogen) atoms. The van der Waals surface area contributed by atoms with Gasteiger partial charge in [-0.1, -0.05) is 42.1 Å². The zero-order valence-electron chi connectivity index (χ0n) is 18.6. The lowest BCUT2D eigenvalue weighted by Crippen LogP contribution is -2.34. The highest BCUT2D eigenvalue weighted by atomic mass is 79.9. The van der Waals surface area contributed by atoms with E-state index in [0.29, 0.717) is 37.7 Å². The first-order chi connectivity index (χ1) is 15.5. The number of halogens is 1. The van der Waals surface area contributed by atoms with E-state index in [4.69, 9.17) is 26.4 Å². The molecule has 0 unspecified atom stereocenters. The molecule has 6 nitrogen and oxygen atoms in total. The van der Waals surface area contributed by atoms with Crippen molar-refractivity contribution in [2.45, 2.75) is 39.5 Å². The number of amides is 1. The first-order valence-corrected chi connectivity index (χ1v) is 12.1. The van der Waals surface area contributed by atoms with Crippen molar-refractivity contribution in [3.8, 4) is 11.5 Å². The molecule has 174 valence electrons. The van der Waals surface area contributed by atoms with Gasteiger partial charge in [-0.2, -0.15) is 0 Å². The van der Waals surface area contributed by atoms with Gasteiger partial charge in [-0.15, -0.1) is 0 Å². The lowest BCUT2D eigenvalue weighted by molar-refractivity contribution is 0.0973. The van der Waals surface area contributed by atoms with Gasteiger partial charge in [0.05, 0.1) is 18.8 Å². The molecular formula is C24H31BrN2O4S. The topological polar surface area (TPSA) is 68.8 Å². The summed E-state index contributed by atoms with van der Waals surface area (Å²) in [6.45, 7) is 6.39. The second-order valence-electron chi connectivity index (χ2n) is 7.03. The Bertz CT molecular complexity index is 862. The molecule has 8 heteroatoms. The summed E-state index contributed by atoms with van der Waals surface area (Å²) in [6.07, 6.45) is 4.41. The average molecular weight is 523 g/mol. The molecule has 0 aliphatic carbocycles. The van der Waals surface area contributed by atoms with Crippen molar-refractivity contribution in [1.82, 2.24) is 5.32 Å². The van der Waals surface area contributed by atoms with Crippen LogP contribution in [-0.4, -0.2) is 37.4 Å². The molecule has 2 aromatic rings. The molecule has 2 aromatic carbocycles. The summed E-state index contributed by atoms with van der Waals surface area (Å²) in [5, 5.41) is 5.93. The number of nitrogens with one attached hydrogen (secondary N) is 2. The maximum atomic E-state index is 12.8. The van der Waals surface area contributed by atoms with Gasteiger partial charge in [-0.3, -0.25) is 10.1 Å². The Morgan fingerprint density at radius 1 is 0.969 bits per heavy atom. The Balaban J connectivity index is 1.89. The summed E-state index contributed by atoms with van der Waals surface area (Å²) in [4.78, 5) is 12.8. The summed E-state index contributed by atoms with van der Waals surface area (Å²) in [6, 6.07) is 12.7. The summed E-state index contributed by atoms with van der Waals surface area (Å²) in [5.41, 5.74) is 1.17. The predicted molar refractivity (Wildman–Crippen MR) is 136 cm³/mol. The van der Waals surface area contributed by atoms with Crippen LogP contribution in [0.5, 0.6) is 11.5 Å². The quantitative estimate of drug-likeness (QED) is 0.250. The number of ether oxygens (including phenoxy) is 3. The molecule has 0 atom stereocenters. The normalized spacial score (nSPS) is 10.5. The zero-order valence-corrected chi connectivity index (χ0v) is 21.0. The van der Waals surface area contributed by atoms with E-state index >= 15 is 0 Å². The number of hydrogen-bond acceptors (Lipinski definition) is 5. The van der Waals surface area contributed by atoms with E-state index in [1.165, 1.54) is 12.8 Å². The minimum Gasteiger partial charge on any atom is -0.493 e. The predicted octanol–water partition coefficient (Wildman–Crippen LogP) is 5.95. The molecule has 0 aliphatic rings. The molecule has 0 saturated carbocycles. The molecule has 0 heterocycles. The molecule has 0 saturated heterocycles. The van der Waals surface area contributed by atoms with Gasteiger partial charge in [-0.25, -0.2) is 0 Å². The van der Waals surface area contributed by atoms with Crippen LogP contribution in [0.3, 0.4) is 0 Å². The zero-order chi connectivity index (χ0) is 23.2. The van der Waals surface area contributed by atoms with E-state index < -0.39 is 0 Å². The van der Waals surface area contributed by atoms with Crippen LogP contribution in [0, 0.1) is 0 Å². The molecule has 2 N–H and O–H groups in total. The molecule has 0 bridgehead atoms. The van der Waals surface area contributed by atoms with E-state index in [0.717, 1.165) is 28.8 Å². The van der Waals surface area contributed by atoms with Gasteiger partial charge in [0.1, 0.15) is 18.1 Å². The fourth-order valence-electron chi connectivity index (χ4n) is 2.85. The summed E-state index contributed by atoms with van der Waals surface area (Å²) < 4.78 is 17.5. The first kappa shape index (κ1) is 26.1. The molecule has 0 aliphatic heterocycles. The number of carbonyl (C=O) groups is 1. The number of benzene rings is 2. The monoisotopic (exact) mass is 522 g/mol. The Morgan fingerprint density at radius 2 is 1.75 bits per heavy atom. The van der Waals surface area contributed by atoms with Crippen LogP contribution in [-0.2, 0) is 4.74 Å². The van der Waals surface area contributed by atoms with Gasteiger partial charge in [0.2, 0.25) is 0 Å². The summed E-state index contributed by atoms with van der Waals surface area (Å²) in [5.74, 6) is 0.946. The van der Waals surface area contributed by atoms with Crippen molar-refractivity contribution in [3.63, 3.8) is 0 Å². The molecule has 0 spiro atoms. The molecule has 0 radical (unpaired) electrons. The first-order valence-electron chi connectivity index (χ1n) is 10.9. The Hall–Kier alpha value is -2.16. The van der Waals surface area contributed by atoms with Crippen LogP contribution < -0.4 is 20.1 Å². The van der Waals surface area contributed by atoms with Crippen LogP contribution >= 0.6 is 28.1 Å². The minimum absolute atomic E-state index is 0.203. The molecule has 0 aromatic heterocycles. The van der Waals surface area contributed by atoms with Gasteiger partial charge in [-0.05, 0) is 68.0 Å². The highest BCUT2D eigenvalue weighted by molar-refractivity contribution is 9.10. The van der Waals surface area contributed by atoms with Crippen LogP contribution in [0.2, 0.25) is 0 Å². The van der Waals surface area contributed by atoms with E-state index in [1.807, 2.05) is 37.3 Å². The third-order valence-electron chi connectivity index (χ3n) is 4.48. The Kier molecular flexibility index (Phi) is 12.1. The van der Waals surface area contributed by atoms with Crippen LogP contribution in [0.25, 0.3) is 0 Å². The van der Waals surface area contributed by atoms with Crippen molar-refractivity contribution in [2.24, 2.45) is 0 Å². The number of hydrogen-bond donors (Lipinski definition) is 2. The van der Waals surface area contributed by atoms with Gasteiger partial charge in [0.15, 0.2) is 5.11 Å². The third kappa shape index (κ3) is 9.54. The third-order valence-corrected chi connectivity index (χ3v) is 5.18. The summed E-state index contributed by atoms with van der Waals surface area (Å²) >= 11 is 8.73. The Labute approximate surface area is 204 Å². The smallest absolute Gasteiger partial charge is 0.261 e. The molecule has 2 rings (SSSR count). The van der Waals surface area contributed by atoms with Crippen molar-refractivity contribution in [1.29, 1.82) is 0 Å². The number of anilines is 1. The van der Waals surface area contributed by atoms with E-state index in [-0.39, 0.29) is 11.0 Å². The van der Waals surface area contributed by atoms with Gasteiger partial charge in [0.25, 0.3) is 5.91 Å². The molecule has 0 fully saturated rings. The van der Waals surface area contributed by atoms with Crippen LogP contribution in [0.15, 0.2) is 46.9 Å². The Morgan fingerprint density at radius 3 is 2.47 bits per heavy atom. The lowest BCUT2D eigenvalue weighted by atomic mass is 10.2. The number of carbonyl (C=O) groups excluding carboxylic acids is 1. The SMILES string of the molecule is CCCCCCOc1ccc(Br)cc1C(=O)NC(=S)Nc1ccc(OCCOCC)cc1. The fourth-order valence-corrected chi connectivity index (χ4v) is 3.42. The second kappa shape index (κ2) is 14.8. The van der Waals surface area contributed by atoms with Gasteiger partial charge >= 0.3 is 0 Å². The van der Waals surface area contributed by atoms with Crippen LogP contribution in [0.4, 0.5) is 5.69 Å². The highest BCUT2D eigenvalue weighted by Crippen LogP contribution is 2.24. The molecule has 1 amide bonds. The number of unbranched alkanes of at least 4 members (excludes halogenated alkanes) is 3. The van der Waals surface area contributed by atoms with Crippen molar-refractivity contribution in [3.05, 3.63) is 52.5 Å². The van der Waals surface area contributed by atoms with Gasteiger partial charge < -0.3 is 19.5 Å². The average Bonchev–Trinajstić information content (AvgIpc) is 2.78. The second-order valence-corrected chi connectivity index (χ2v) is 8.35. The minimum atomic E-state index is -0.330. The highest BCUT2D eigenvalue weighted by Gasteiger charge is 2.15. The standard InChI is InChI=1S/C24H31BrN2O4S/c1-3-5-6-7-14-31-22-13-8-18(25)17-21(22)23(28)27-24(32)26-19-9-11-20(12-10-19)30-16-15-29-4-2/h8-13,17H,3-7,14-16H2,1-2H3,(H2,26,27,28,32). The lowest BCUT2D eigenvalue weighted by Gasteiger charge is -2.14. The molecular weight excluding hydrogens is 492 g/mol. The van der Waals surface area contributed by atoms with Crippen LogP contribution in [0.1, 0.15) is 49.9 Å². The maximum Gasteiger partial charge on any atom is 0.261 e. The van der Waals surface area contributed by atoms with Crippen molar-refractivity contribution in [2.75, 3.05) is 31.7 Å². The van der Waals surface area contributed by atoms with E-state index in [9.17, 15) is 4.79 Å². The van der Waals surface area contributed by atoms with E-state index in [1.54, 1.807) is 12.1 Å². The largest absolute Gasteiger partial charge is 0.493 e. The fraction of sp³-hybridized carbons (Fsp3) is 0.417. The van der Waals surface area contributed by atoms with Crippen molar-refractivity contribution < 1.29 is 19.0 Å². The van der Waals surface area contributed by atoms with Gasteiger partial charge in [0, 0.05) is 16.8 Å². The van der Waals surface area contributed by atoms with E-state index in [2.05, 4.69) is 33.5 Å².